The topological polar surface area (TPSA) is 108 Å². The summed E-state index contributed by atoms with van der Waals surface area (Å²) in [7, 11) is 0. The van der Waals surface area contributed by atoms with E-state index in [9.17, 15) is 14.9 Å². The lowest BCUT2D eigenvalue weighted by molar-refractivity contribution is -0.386. The van der Waals surface area contributed by atoms with Gasteiger partial charge in [-0.1, -0.05) is 5.16 Å². The third-order valence-corrected chi connectivity index (χ3v) is 2.24. The summed E-state index contributed by atoms with van der Waals surface area (Å²) in [4.78, 5) is 24.8. The first-order valence-electron chi connectivity index (χ1n) is 5.26. The lowest BCUT2D eigenvalue weighted by Gasteiger charge is -2.04. The highest BCUT2D eigenvalue weighted by atomic mass is 16.6. The molecule has 1 aromatic carbocycles. The number of aryl methyl sites for hydroxylation is 1. The van der Waals surface area contributed by atoms with E-state index in [-0.39, 0.29) is 29.4 Å². The molecule has 0 spiro atoms. The summed E-state index contributed by atoms with van der Waals surface area (Å²) in [5.74, 6) is 0.620. The second kappa shape index (κ2) is 5.25. The van der Waals surface area contributed by atoms with E-state index in [2.05, 4.69) is 10.1 Å². The number of nitro groups is 1. The smallest absolute Gasteiger partial charge is 0.310 e. The SMILES string of the molecule is Cc1nc(COc2cc(C=O)ccc2[N+](=O)[O-])no1. The zero-order valence-electron chi connectivity index (χ0n) is 9.90. The molecule has 1 aromatic heterocycles. The van der Waals surface area contributed by atoms with Gasteiger partial charge in [-0.25, -0.2) is 0 Å². The van der Waals surface area contributed by atoms with E-state index >= 15 is 0 Å². The van der Waals surface area contributed by atoms with Crippen molar-refractivity contribution >= 4 is 12.0 Å². The molecular formula is C11H9N3O5. The van der Waals surface area contributed by atoms with Crippen molar-refractivity contribution in [1.82, 2.24) is 10.1 Å². The molecule has 98 valence electrons. The Labute approximate surface area is 107 Å². The molecule has 19 heavy (non-hydrogen) atoms. The minimum atomic E-state index is -0.592. The number of benzene rings is 1. The summed E-state index contributed by atoms with van der Waals surface area (Å²) in [5, 5.41) is 14.4. The number of rotatable bonds is 5. The summed E-state index contributed by atoms with van der Waals surface area (Å²) in [6.45, 7) is 1.53. The molecule has 0 bridgehead atoms. The summed E-state index contributed by atoms with van der Waals surface area (Å²) >= 11 is 0. The molecule has 2 aromatic rings. The van der Waals surface area contributed by atoms with Gasteiger partial charge in [-0.15, -0.1) is 0 Å². The predicted octanol–water partition coefficient (Wildman–Crippen LogP) is 1.68. The van der Waals surface area contributed by atoms with Gasteiger partial charge in [-0.05, 0) is 12.1 Å². The van der Waals surface area contributed by atoms with Crippen LogP contribution >= 0.6 is 0 Å². The van der Waals surface area contributed by atoms with Crippen molar-refractivity contribution in [2.45, 2.75) is 13.5 Å². The van der Waals surface area contributed by atoms with Crippen LogP contribution in [0.3, 0.4) is 0 Å². The Morgan fingerprint density at radius 1 is 1.53 bits per heavy atom. The highest BCUT2D eigenvalue weighted by Gasteiger charge is 2.16. The number of nitro benzene ring substituents is 1. The Morgan fingerprint density at radius 2 is 2.32 bits per heavy atom. The van der Waals surface area contributed by atoms with Gasteiger partial charge in [0.1, 0.15) is 6.29 Å². The Balaban J connectivity index is 2.22. The molecule has 1 heterocycles. The van der Waals surface area contributed by atoms with Crippen molar-refractivity contribution in [1.29, 1.82) is 0 Å². The van der Waals surface area contributed by atoms with E-state index in [1.54, 1.807) is 6.92 Å². The lowest BCUT2D eigenvalue weighted by Crippen LogP contribution is -2.01. The number of carbonyl (C=O) groups excluding carboxylic acids is 1. The van der Waals surface area contributed by atoms with Gasteiger partial charge >= 0.3 is 5.69 Å². The molecule has 2 rings (SSSR count). The average Bonchev–Trinajstić information content (AvgIpc) is 2.81. The Kier molecular flexibility index (Phi) is 3.51. The molecule has 0 saturated carbocycles. The van der Waals surface area contributed by atoms with Crippen molar-refractivity contribution in [3.8, 4) is 5.75 Å². The van der Waals surface area contributed by atoms with Gasteiger partial charge < -0.3 is 9.26 Å². The minimum absolute atomic E-state index is 0.0166. The summed E-state index contributed by atoms with van der Waals surface area (Å²) < 4.78 is 10.00. The monoisotopic (exact) mass is 263 g/mol. The summed E-state index contributed by atoms with van der Waals surface area (Å²) in [6, 6.07) is 3.84. The molecule has 8 nitrogen and oxygen atoms in total. The zero-order valence-corrected chi connectivity index (χ0v) is 9.90. The van der Waals surface area contributed by atoms with Crippen LogP contribution in [0.25, 0.3) is 0 Å². The lowest BCUT2D eigenvalue weighted by atomic mass is 10.2. The fraction of sp³-hybridized carbons (Fsp3) is 0.182. The van der Waals surface area contributed by atoms with Gasteiger partial charge in [-0.2, -0.15) is 4.98 Å². The van der Waals surface area contributed by atoms with Crippen LogP contribution < -0.4 is 4.74 Å². The zero-order chi connectivity index (χ0) is 13.8. The Morgan fingerprint density at radius 3 is 2.89 bits per heavy atom. The highest BCUT2D eigenvalue weighted by molar-refractivity contribution is 5.76. The number of hydrogen-bond donors (Lipinski definition) is 0. The molecule has 0 saturated heterocycles. The van der Waals surface area contributed by atoms with Crippen LogP contribution in [0, 0.1) is 17.0 Å². The quantitative estimate of drug-likeness (QED) is 0.458. The summed E-state index contributed by atoms with van der Waals surface area (Å²) in [6.07, 6.45) is 0.578. The van der Waals surface area contributed by atoms with Crippen LogP contribution in [0.4, 0.5) is 5.69 Å². The average molecular weight is 263 g/mol. The van der Waals surface area contributed by atoms with Crippen molar-refractivity contribution < 1.29 is 19.0 Å². The number of carbonyl (C=O) groups is 1. The fourth-order valence-electron chi connectivity index (χ4n) is 1.41. The van der Waals surface area contributed by atoms with E-state index < -0.39 is 4.92 Å². The minimum Gasteiger partial charge on any atom is -0.478 e. The second-order valence-electron chi connectivity index (χ2n) is 3.62. The van der Waals surface area contributed by atoms with E-state index in [1.807, 2.05) is 0 Å². The normalized spacial score (nSPS) is 10.2. The van der Waals surface area contributed by atoms with Crippen LogP contribution in [0.5, 0.6) is 5.75 Å². The molecule has 0 amide bonds. The van der Waals surface area contributed by atoms with E-state index in [0.29, 0.717) is 12.2 Å². The van der Waals surface area contributed by atoms with E-state index in [1.165, 1.54) is 18.2 Å². The maximum absolute atomic E-state index is 10.8. The summed E-state index contributed by atoms with van der Waals surface area (Å²) in [5.41, 5.74) is 0.0516. The molecule has 0 radical (unpaired) electrons. The number of nitrogens with zero attached hydrogens (tertiary/aromatic N) is 3. The molecule has 0 atom stereocenters. The first kappa shape index (κ1) is 12.7. The highest BCUT2D eigenvalue weighted by Crippen LogP contribution is 2.28. The standard InChI is InChI=1S/C11H9N3O5/c1-7-12-11(13-19-7)6-18-10-4-8(5-15)2-3-9(10)14(16)17/h2-5H,6H2,1H3. The van der Waals surface area contributed by atoms with Crippen LogP contribution in [-0.4, -0.2) is 21.4 Å². The second-order valence-corrected chi connectivity index (χ2v) is 3.62. The number of aldehydes is 1. The van der Waals surface area contributed by atoms with Gasteiger partial charge in [0.25, 0.3) is 0 Å². The number of ether oxygens (including phenoxy) is 1. The molecular weight excluding hydrogens is 254 g/mol. The van der Waals surface area contributed by atoms with Crippen molar-refractivity contribution in [2.75, 3.05) is 0 Å². The van der Waals surface area contributed by atoms with Crippen LogP contribution in [0.1, 0.15) is 22.1 Å². The van der Waals surface area contributed by atoms with Gasteiger partial charge in [0, 0.05) is 18.6 Å². The van der Waals surface area contributed by atoms with E-state index in [4.69, 9.17) is 9.26 Å². The molecule has 0 fully saturated rings. The molecule has 0 aliphatic carbocycles. The predicted molar refractivity (Wildman–Crippen MR) is 61.9 cm³/mol. The van der Waals surface area contributed by atoms with Crippen LogP contribution in [0.15, 0.2) is 22.7 Å². The number of hydrogen-bond acceptors (Lipinski definition) is 7. The third kappa shape index (κ3) is 2.92. The van der Waals surface area contributed by atoms with Crippen LogP contribution in [0.2, 0.25) is 0 Å². The molecule has 0 N–H and O–H groups in total. The largest absolute Gasteiger partial charge is 0.478 e. The molecule has 0 aliphatic rings. The molecule has 0 aliphatic heterocycles. The Bertz CT molecular complexity index is 623. The van der Waals surface area contributed by atoms with Crippen molar-refractivity contribution in [3.05, 3.63) is 45.6 Å². The van der Waals surface area contributed by atoms with Gasteiger partial charge in [0.2, 0.25) is 11.7 Å². The maximum Gasteiger partial charge on any atom is 0.310 e. The number of aromatic nitrogens is 2. The van der Waals surface area contributed by atoms with Crippen molar-refractivity contribution in [3.63, 3.8) is 0 Å². The first-order chi connectivity index (χ1) is 9.10. The van der Waals surface area contributed by atoms with Crippen molar-refractivity contribution in [2.24, 2.45) is 0 Å². The van der Waals surface area contributed by atoms with Gasteiger partial charge in [0.15, 0.2) is 12.4 Å². The third-order valence-electron chi connectivity index (χ3n) is 2.24. The fourth-order valence-corrected chi connectivity index (χ4v) is 1.41. The molecule has 8 heteroatoms. The van der Waals surface area contributed by atoms with Gasteiger partial charge in [0.05, 0.1) is 4.92 Å². The Hall–Kier alpha value is -2.77. The van der Waals surface area contributed by atoms with E-state index in [0.717, 1.165) is 0 Å². The van der Waals surface area contributed by atoms with Crippen LogP contribution in [-0.2, 0) is 6.61 Å². The first-order valence-corrected chi connectivity index (χ1v) is 5.26. The molecule has 0 unspecified atom stereocenters. The maximum atomic E-state index is 10.8. The van der Waals surface area contributed by atoms with Gasteiger partial charge in [-0.3, -0.25) is 14.9 Å².